The fourth-order valence-corrected chi connectivity index (χ4v) is 4.35. The number of thioether (sulfide) groups is 1. The molecular formula is C20H17ClN2O4S2. The minimum Gasteiger partial charge on any atom is -0.354 e. The van der Waals surface area contributed by atoms with Crippen molar-refractivity contribution in [2.75, 3.05) is 13.1 Å². The van der Waals surface area contributed by atoms with Crippen molar-refractivity contribution in [3.63, 3.8) is 0 Å². The maximum absolute atomic E-state index is 12.5. The molecule has 1 aliphatic heterocycles. The third-order valence-electron chi connectivity index (χ3n) is 4.10. The van der Waals surface area contributed by atoms with Gasteiger partial charge >= 0.3 is 0 Å². The van der Waals surface area contributed by atoms with Gasteiger partial charge in [0.15, 0.2) is 5.78 Å². The number of nitrogens with zero attached hydrogens (tertiary/aromatic N) is 1. The summed E-state index contributed by atoms with van der Waals surface area (Å²) >= 11 is 8.27. The van der Waals surface area contributed by atoms with Gasteiger partial charge in [-0.25, -0.2) is 0 Å². The van der Waals surface area contributed by atoms with E-state index in [-0.39, 0.29) is 42.5 Å². The molecule has 1 aliphatic rings. The SMILES string of the molecule is O=C(CCC(=O)c1cccs1)NCCN1C(=O)S/C(=C\c2ccccc2Cl)C1=O. The molecule has 0 saturated carbocycles. The number of Topliss-reactive ketones (excluding diaryl/α,β-unsaturated/α-hetero) is 1. The fourth-order valence-electron chi connectivity index (χ4n) is 2.61. The molecule has 0 unspecified atom stereocenters. The molecule has 0 radical (unpaired) electrons. The van der Waals surface area contributed by atoms with E-state index in [0.717, 1.165) is 16.7 Å². The lowest BCUT2D eigenvalue weighted by Gasteiger charge is -2.12. The van der Waals surface area contributed by atoms with Crippen LogP contribution in [0.1, 0.15) is 28.1 Å². The Bertz CT molecular complexity index is 973. The van der Waals surface area contributed by atoms with E-state index >= 15 is 0 Å². The average molecular weight is 449 g/mol. The normalized spacial score (nSPS) is 15.2. The van der Waals surface area contributed by atoms with Gasteiger partial charge in [0.1, 0.15) is 0 Å². The Labute approximate surface area is 180 Å². The lowest BCUT2D eigenvalue weighted by molar-refractivity contribution is -0.124. The summed E-state index contributed by atoms with van der Waals surface area (Å²) in [6.45, 7) is 0.193. The van der Waals surface area contributed by atoms with Gasteiger partial charge < -0.3 is 5.32 Å². The Balaban J connectivity index is 1.47. The predicted octanol–water partition coefficient (Wildman–Crippen LogP) is 4.22. The summed E-state index contributed by atoms with van der Waals surface area (Å²) in [5, 5.41) is 4.55. The minimum absolute atomic E-state index is 0.0606. The molecule has 0 atom stereocenters. The van der Waals surface area contributed by atoms with E-state index in [1.165, 1.54) is 11.3 Å². The largest absolute Gasteiger partial charge is 0.354 e. The summed E-state index contributed by atoms with van der Waals surface area (Å²) in [6, 6.07) is 10.5. The molecule has 1 N–H and O–H groups in total. The molecule has 1 saturated heterocycles. The Hall–Kier alpha value is -2.42. The number of halogens is 1. The lowest BCUT2D eigenvalue weighted by Crippen LogP contribution is -2.37. The number of amides is 3. The van der Waals surface area contributed by atoms with Crippen LogP contribution in [0, 0.1) is 0 Å². The number of rotatable bonds is 8. The van der Waals surface area contributed by atoms with Gasteiger partial charge in [-0.1, -0.05) is 35.9 Å². The van der Waals surface area contributed by atoms with Crippen molar-refractivity contribution in [3.05, 3.63) is 62.1 Å². The van der Waals surface area contributed by atoms with Crippen LogP contribution in [0.3, 0.4) is 0 Å². The van der Waals surface area contributed by atoms with Crippen molar-refractivity contribution in [2.24, 2.45) is 0 Å². The Morgan fingerprint density at radius 3 is 2.62 bits per heavy atom. The van der Waals surface area contributed by atoms with E-state index in [1.54, 1.807) is 42.5 Å². The number of benzene rings is 1. The molecule has 1 aromatic heterocycles. The van der Waals surface area contributed by atoms with Crippen molar-refractivity contribution >= 4 is 63.6 Å². The highest BCUT2D eigenvalue weighted by atomic mass is 35.5. The summed E-state index contributed by atoms with van der Waals surface area (Å²) in [5.74, 6) is -0.790. The first-order valence-electron chi connectivity index (χ1n) is 8.79. The molecule has 6 nitrogen and oxygen atoms in total. The Morgan fingerprint density at radius 2 is 1.90 bits per heavy atom. The van der Waals surface area contributed by atoms with Crippen LogP contribution in [0.2, 0.25) is 5.02 Å². The van der Waals surface area contributed by atoms with E-state index in [0.29, 0.717) is 15.5 Å². The van der Waals surface area contributed by atoms with Gasteiger partial charge in [0, 0.05) is 31.0 Å². The van der Waals surface area contributed by atoms with Gasteiger partial charge in [-0.3, -0.25) is 24.1 Å². The lowest BCUT2D eigenvalue weighted by atomic mass is 10.2. The molecule has 3 amide bonds. The quantitative estimate of drug-likeness (QED) is 0.483. The number of carbonyl (C=O) groups excluding carboxylic acids is 4. The van der Waals surface area contributed by atoms with E-state index in [2.05, 4.69) is 5.32 Å². The van der Waals surface area contributed by atoms with Gasteiger partial charge in [-0.05, 0) is 40.9 Å². The zero-order valence-corrected chi connectivity index (χ0v) is 17.6. The van der Waals surface area contributed by atoms with Gasteiger partial charge in [0.25, 0.3) is 11.1 Å². The van der Waals surface area contributed by atoms with Crippen LogP contribution < -0.4 is 5.32 Å². The van der Waals surface area contributed by atoms with Crippen LogP contribution in [-0.4, -0.2) is 40.8 Å². The summed E-state index contributed by atoms with van der Waals surface area (Å²) < 4.78 is 0. The van der Waals surface area contributed by atoms with Crippen molar-refractivity contribution in [2.45, 2.75) is 12.8 Å². The second-order valence-corrected chi connectivity index (χ2v) is 8.45. The first-order chi connectivity index (χ1) is 14.0. The standard InChI is InChI=1S/C20H17ClN2O4S2/c21-14-5-2-1-4-13(14)12-17-19(26)23(20(27)29-17)10-9-22-18(25)8-7-15(24)16-6-3-11-28-16/h1-6,11-12H,7-10H2,(H,22,25)/b17-12-. The summed E-state index contributed by atoms with van der Waals surface area (Å²) in [5.41, 5.74) is 0.656. The monoisotopic (exact) mass is 448 g/mol. The highest BCUT2D eigenvalue weighted by Gasteiger charge is 2.34. The van der Waals surface area contributed by atoms with E-state index in [9.17, 15) is 19.2 Å². The molecule has 0 bridgehead atoms. The number of hydrogen-bond donors (Lipinski definition) is 1. The molecule has 1 fully saturated rings. The summed E-state index contributed by atoms with van der Waals surface area (Å²) in [7, 11) is 0. The molecule has 2 heterocycles. The number of thiophene rings is 1. The summed E-state index contributed by atoms with van der Waals surface area (Å²) in [6.07, 6.45) is 1.77. The average Bonchev–Trinajstić information content (AvgIpc) is 3.32. The van der Waals surface area contributed by atoms with Gasteiger partial charge in [-0.15, -0.1) is 11.3 Å². The van der Waals surface area contributed by atoms with Crippen LogP contribution in [0.25, 0.3) is 6.08 Å². The van der Waals surface area contributed by atoms with E-state index in [1.807, 2.05) is 5.38 Å². The predicted molar refractivity (Wildman–Crippen MR) is 115 cm³/mol. The first kappa shape index (κ1) is 21.3. The number of nitrogens with one attached hydrogen (secondary N) is 1. The van der Waals surface area contributed by atoms with Crippen LogP contribution in [0.5, 0.6) is 0 Å². The number of imide groups is 1. The third-order valence-corrected chi connectivity index (χ3v) is 6.26. The smallest absolute Gasteiger partial charge is 0.293 e. The van der Waals surface area contributed by atoms with Gasteiger partial charge in [-0.2, -0.15) is 0 Å². The summed E-state index contributed by atoms with van der Waals surface area (Å²) in [4.78, 5) is 50.4. The number of ketones is 1. The van der Waals surface area contributed by atoms with Crippen LogP contribution in [0.15, 0.2) is 46.7 Å². The molecule has 2 aromatic rings. The van der Waals surface area contributed by atoms with Crippen LogP contribution in [0.4, 0.5) is 4.79 Å². The zero-order chi connectivity index (χ0) is 20.8. The van der Waals surface area contributed by atoms with Crippen molar-refractivity contribution in [1.82, 2.24) is 10.2 Å². The zero-order valence-electron chi connectivity index (χ0n) is 15.2. The van der Waals surface area contributed by atoms with E-state index in [4.69, 9.17) is 11.6 Å². The molecular weight excluding hydrogens is 432 g/mol. The van der Waals surface area contributed by atoms with Crippen molar-refractivity contribution in [3.8, 4) is 0 Å². The Morgan fingerprint density at radius 1 is 1.10 bits per heavy atom. The number of hydrogen-bond acceptors (Lipinski definition) is 6. The Kier molecular flexibility index (Phi) is 7.24. The van der Waals surface area contributed by atoms with Crippen LogP contribution in [-0.2, 0) is 9.59 Å². The molecule has 150 valence electrons. The maximum Gasteiger partial charge on any atom is 0.293 e. The molecule has 9 heteroatoms. The maximum atomic E-state index is 12.5. The molecule has 0 aliphatic carbocycles. The fraction of sp³-hybridized carbons (Fsp3) is 0.200. The third kappa shape index (κ3) is 5.56. The first-order valence-corrected chi connectivity index (χ1v) is 10.9. The molecule has 1 aromatic carbocycles. The highest BCUT2D eigenvalue weighted by Crippen LogP contribution is 2.33. The molecule has 3 rings (SSSR count). The minimum atomic E-state index is -0.415. The second-order valence-electron chi connectivity index (χ2n) is 6.11. The topological polar surface area (TPSA) is 83.6 Å². The van der Waals surface area contributed by atoms with Crippen molar-refractivity contribution < 1.29 is 19.2 Å². The van der Waals surface area contributed by atoms with Crippen molar-refractivity contribution in [1.29, 1.82) is 0 Å². The van der Waals surface area contributed by atoms with Gasteiger partial charge in [0.2, 0.25) is 5.91 Å². The number of carbonyl (C=O) groups is 4. The highest BCUT2D eigenvalue weighted by molar-refractivity contribution is 8.18. The van der Waals surface area contributed by atoms with E-state index < -0.39 is 11.1 Å². The van der Waals surface area contributed by atoms with Gasteiger partial charge in [0.05, 0.1) is 9.78 Å². The molecule has 0 spiro atoms. The van der Waals surface area contributed by atoms with Crippen LogP contribution >= 0.6 is 34.7 Å². The second kappa shape index (κ2) is 9.87. The molecule has 29 heavy (non-hydrogen) atoms.